The van der Waals surface area contributed by atoms with Gasteiger partial charge in [0.1, 0.15) is 11.6 Å². The molecule has 1 N–H and O–H groups in total. The van der Waals surface area contributed by atoms with Crippen LogP contribution in [0.25, 0.3) is 11.0 Å². The zero-order valence-corrected chi connectivity index (χ0v) is 18.5. The van der Waals surface area contributed by atoms with Gasteiger partial charge in [0.05, 0.1) is 11.0 Å². The number of aryl methyl sites for hydroxylation is 2. The maximum atomic E-state index is 13.7. The molecular formula is C26H34FN3. The number of imidazole rings is 1. The summed E-state index contributed by atoms with van der Waals surface area (Å²) in [6, 6.07) is 13.7. The van der Waals surface area contributed by atoms with Gasteiger partial charge in [0.25, 0.3) is 0 Å². The van der Waals surface area contributed by atoms with Gasteiger partial charge in [0.15, 0.2) is 0 Å². The number of benzene rings is 2. The number of nitrogens with one attached hydrogen (secondary N) is 1. The molecule has 2 aromatic carbocycles. The fourth-order valence-electron chi connectivity index (χ4n) is 5.26. The van der Waals surface area contributed by atoms with E-state index in [1.807, 2.05) is 18.2 Å². The van der Waals surface area contributed by atoms with Crippen LogP contribution in [-0.4, -0.2) is 35.0 Å². The van der Waals surface area contributed by atoms with Crippen LogP contribution in [0.15, 0.2) is 42.5 Å². The lowest BCUT2D eigenvalue weighted by atomic mass is 9.69. The fraction of sp³-hybridized carbons (Fsp3) is 0.500. The molecule has 160 valence electrons. The lowest BCUT2D eigenvalue weighted by Gasteiger charge is -2.37. The van der Waals surface area contributed by atoms with Crippen molar-refractivity contribution >= 4 is 11.0 Å². The molecule has 0 bridgehead atoms. The molecule has 0 spiro atoms. The average Bonchev–Trinajstić information content (AvgIpc) is 3.14. The summed E-state index contributed by atoms with van der Waals surface area (Å²) in [6.45, 7) is 6.82. The first-order valence-corrected chi connectivity index (χ1v) is 11.4. The Morgan fingerprint density at radius 2 is 2.00 bits per heavy atom. The van der Waals surface area contributed by atoms with E-state index in [0.717, 1.165) is 49.2 Å². The van der Waals surface area contributed by atoms with Gasteiger partial charge in [-0.1, -0.05) is 32.0 Å². The van der Waals surface area contributed by atoms with E-state index in [9.17, 15) is 4.39 Å². The maximum absolute atomic E-state index is 13.7. The summed E-state index contributed by atoms with van der Waals surface area (Å²) in [6.07, 6.45) is 5.48. The van der Waals surface area contributed by atoms with Crippen LogP contribution in [0.4, 0.5) is 4.39 Å². The van der Waals surface area contributed by atoms with Crippen LogP contribution >= 0.6 is 0 Å². The molecule has 3 aromatic rings. The van der Waals surface area contributed by atoms with Crippen molar-refractivity contribution in [2.24, 2.45) is 11.8 Å². The van der Waals surface area contributed by atoms with Crippen molar-refractivity contribution in [3.05, 3.63) is 65.2 Å². The van der Waals surface area contributed by atoms with E-state index in [1.165, 1.54) is 24.0 Å². The molecule has 3 nitrogen and oxygen atoms in total. The van der Waals surface area contributed by atoms with Crippen LogP contribution in [0.3, 0.4) is 0 Å². The van der Waals surface area contributed by atoms with E-state index >= 15 is 0 Å². The third kappa shape index (κ3) is 4.75. The van der Waals surface area contributed by atoms with Crippen molar-refractivity contribution in [1.29, 1.82) is 0 Å². The average molecular weight is 408 g/mol. The fourth-order valence-corrected chi connectivity index (χ4v) is 5.26. The molecule has 30 heavy (non-hydrogen) atoms. The normalized spacial score (nSPS) is 19.0. The number of hydrogen-bond donors (Lipinski definition) is 1. The van der Waals surface area contributed by atoms with Gasteiger partial charge in [-0.25, -0.2) is 9.37 Å². The number of nitrogens with zero attached hydrogens (tertiary/aromatic N) is 2. The van der Waals surface area contributed by atoms with E-state index in [4.69, 9.17) is 0 Å². The Labute approximate surface area is 179 Å². The molecule has 2 atom stereocenters. The predicted molar refractivity (Wildman–Crippen MR) is 122 cm³/mol. The van der Waals surface area contributed by atoms with E-state index < -0.39 is 0 Å². The number of aromatic nitrogens is 2. The van der Waals surface area contributed by atoms with Gasteiger partial charge in [0, 0.05) is 6.42 Å². The minimum absolute atomic E-state index is 0.0982. The third-order valence-electron chi connectivity index (χ3n) is 6.75. The first-order valence-electron chi connectivity index (χ1n) is 11.4. The van der Waals surface area contributed by atoms with Crippen LogP contribution in [-0.2, 0) is 12.8 Å². The highest BCUT2D eigenvalue weighted by Crippen LogP contribution is 2.42. The Morgan fingerprint density at radius 3 is 2.80 bits per heavy atom. The standard InChI is InChI=1S/C26H34FN3/c1-18(2)26-19(10-11-20-17-21(27)12-13-22(20)26)14-16-30(3)15-6-9-25-28-23-7-4-5-8-24(23)29-25/h4-5,7-8,12-13,17-19,26H,6,9-11,14-16H2,1-3H3,(H,28,29)/t19?,26-/m1/s1. The highest BCUT2D eigenvalue weighted by molar-refractivity contribution is 5.74. The Hall–Kier alpha value is -2.20. The smallest absolute Gasteiger partial charge is 0.123 e. The zero-order chi connectivity index (χ0) is 21.1. The summed E-state index contributed by atoms with van der Waals surface area (Å²) in [4.78, 5) is 10.6. The van der Waals surface area contributed by atoms with Crippen molar-refractivity contribution in [2.45, 2.75) is 51.9 Å². The lowest BCUT2D eigenvalue weighted by molar-refractivity contribution is 0.238. The van der Waals surface area contributed by atoms with Gasteiger partial charge < -0.3 is 9.88 Å². The summed E-state index contributed by atoms with van der Waals surface area (Å²) in [5, 5.41) is 0. The number of aromatic amines is 1. The van der Waals surface area contributed by atoms with Crippen molar-refractivity contribution in [1.82, 2.24) is 14.9 Å². The van der Waals surface area contributed by atoms with Crippen molar-refractivity contribution in [3.63, 3.8) is 0 Å². The summed E-state index contributed by atoms with van der Waals surface area (Å²) in [7, 11) is 2.23. The van der Waals surface area contributed by atoms with Gasteiger partial charge in [-0.15, -0.1) is 0 Å². The minimum atomic E-state index is -0.0982. The molecule has 1 aliphatic rings. The molecular weight excluding hydrogens is 373 g/mol. The number of fused-ring (bicyclic) bond motifs is 2. The van der Waals surface area contributed by atoms with Crippen LogP contribution in [0.1, 0.15) is 56.0 Å². The number of halogens is 1. The zero-order valence-electron chi connectivity index (χ0n) is 18.5. The van der Waals surface area contributed by atoms with Gasteiger partial charge >= 0.3 is 0 Å². The molecule has 1 aliphatic carbocycles. The van der Waals surface area contributed by atoms with Gasteiger partial charge in [-0.3, -0.25) is 0 Å². The Bertz CT molecular complexity index is 944. The van der Waals surface area contributed by atoms with Crippen LogP contribution in [0, 0.1) is 17.7 Å². The highest BCUT2D eigenvalue weighted by Gasteiger charge is 2.31. The minimum Gasteiger partial charge on any atom is -0.342 e. The summed E-state index contributed by atoms with van der Waals surface area (Å²) >= 11 is 0. The second kappa shape index (κ2) is 9.30. The summed E-state index contributed by atoms with van der Waals surface area (Å²) in [5.74, 6) is 2.79. The molecule has 0 aliphatic heterocycles. The Morgan fingerprint density at radius 1 is 1.17 bits per heavy atom. The molecule has 0 amide bonds. The predicted octanol–water partition coefficient (Wildman–Crippen LogP) is 5.96. The lowest BCUT2D eigenvalue weighted by Crippen LogP contribution is -2.29. The molecule has 1 unspecified atom stereocenters. The molecule has 0 saturated carbocycles. The number of hydrogen-bond acceptors (Lipinski definition) is 2. The van der Waals surface area contributed by atoms with E-state index in [0.29, 0.717) is 17.8 Å². The quantitative estimate of drug-likeness (QED) is 0.500. The molecule has 1 heterocycles. The maximum Gasteiger partial charge on any atom is 0.123 e. The SMILES string of the molecule is CC(C)[C@H]1c2ccc(F)cc2CCC1CCN(C)CCCc1nc2ccccc2[nH]1. The van der Waals surface area contributed by atoms with E-state index in [2.05, 4.69) is 47.9 Å². The van der Waals surface area contributed by atoms with Crippen LogP contribution in [0.2, 0.25) is 0 Å². The van der Waals surface area contributed by atoms with Crippen LogP contribution < -0.4 is 0 Å². The molecule has 4 heteroatoms. The van der Waals surface area contributed by atoms with Crippen molar-refractivity contribution in [2.75, 3.05) is 20.1 Å². The number of rotatable bonds is 8. The van der Waals surface area contributed by atoms with Gasteiger partial charge in [-0.05, 0) is 99.0 Å². The first kappa shape index (κ1) is 21.0. The Balaban J connectivity index is 1.28. The second-order valence-corrected chi connectivity index (χ2v) is 9.31. The third-order valence-corrected chi connectivity index (χ3v) is 6.75. The monoisotopic (exact) mass is 407 g/mol. The largest absolute Gasteiger partial charge is 0.342 e. The number of para-hydroxylation sites is 2. The number of H-pyrrole nitrogens is 1. The Kier molecular flexibility index (Phi) is 6.52. The van der Waals surface area contributed by atoms with E-state index in [1.54, 1.807) is 12.1 Å². The summed E-state index contributed by atoms with van der Waals surface area (Å²) < 4.78 is 13.7. The first-order chi connectivity index (χ1) is 14.5. The molecule has 0 fully saturated rings. The van der Waals surface area contributed by atoms with Crippen molar-refractivity contribution in [3.8, 4) is 0 Å². The van der Waals surface area contributed by atoms with Crippen LogP contribution in [0.5, 0.6) is 0 Å². The van der Waals surface area contributed by atoms with Crippen molar-refractivity contribution < 1.29 is 4.39 Å². The van der Waals surface area contributed by atoms with E-state index in [-0.39, 0.29) is 5.82 Å². The second-order valence-electron chi connectivity index (χ2n) is 9.31. The highest BCUT2D eigenvalue weighted by atomic mass is 19.1. The van der Waals surface area contributed by atoms with Gasteiger partial charge in [0.2, 0.25) is 0 Å². The molecule has 0 saturated heterocycles. The molecule has 0 radical (unpaired) electrons. The molecule has 4 rings (SSSR count). The van der Waals surface area contributed by atoms with Gasteiger partial charge in [-0.2, -0.15) is 0 Å². The molecule has 1 aromatic heterocycles. The topological polar surface area (TPSA) is 31.9 Å². The summed E-state index contributed by atoms with van der Waals surface area (Å²) in [5.41, 5.74) is 4.79.